The number of aromatic nitrogens is 2. The molecule has 0 aliphatic rings. The Morgan fingerprint density at radius 1 is 1.10 bits per heavy atom. The molecule has 0 aliphatic heterocycles. The van der Waals surface area contributed by atoms with E-state index in [9.17, 15) is 0 Å². The van der Waals surface area contributed by atoms with Crippen molar-refractivity contribution < 1.29 is 0 Å². The van der Waals surface area contributed by atoms with Gasteiger partial charge in [0, 0.05) is 5.56 Å². The second kappa shape index (κ2) is 5.16. The number of benzene rings is 2. The molecular formula is C15H9Cl2N3. The van der Waals surface area contributed by atoms with Crippen LogP contribution in [0, 0.1) is 11.3 Å². The van der Waals surface area contributed by atoms with E-state index in [2.05, 4.69) is 11.1 Å². The van der Waals surface area contributed by atoms with Crippen LogP contribution >= 0.6 is 23.2 Å². The van der Waals surface area contributed by atoms with Crippen molar-refractivity contribution in [2.45, 2.75) is 6.54 Å². The minimum atomic E-state index is 0.207. The molecule has 3 rings (SSSR count). The fourth-order valence-electron chi connectivity index (χ4n) is 2.16. The molecule has 0 bridgehead atoms. The van der Waals surface area contributed by atoms with Gasteiger partial charge >= 0.3 is 0 Å². The number of halogens is 2. The predicted molar refractivity (Wildman–Crippen MR) is 80.8 cm³/mol. The third-order valence-electron chi connectivity index (χ3n) is 3.05. The molecule has 3 nitrogen and oxygen atoms in total. The zero-order valence-electron chi connectivity index (χ0n) is 10.3. The lowest BCUT2D eigenvalue weighted by atomic mass is 10.2. The van der Waals surface area contributed by atoms with E-state index in [1.54, 1.807) is 12.1 Å². The number of rotatable bonds is 2. The molecule has 3 aromatic rings. The molecule has 0 aliphatic carbocycles. The van der Waals surface area contributed by atoms with E-state index < -0.39 is 0 Å². The lowest BCUT2D eigenvalue weighted by Crippen LogP contribution is -1.98. The van der Waals surface area contributed by atoms with Crippen molar-refractivity contribution in [1.82, 2.24) is 9.55 Å². The second-order valence-corrected chi connectivity index (χ2v) is 5.12. The second-order valence-electron chi connectivity index (χ2n) is 4.30. The smallest absolute Gasteiger partial charge is 0.142 e. The first kappa shape index (κ1) is 13.0. The topological polar surface area (TPSA) is 41.6 Å². The van der Waals surface area contributed by atoms with Gasteiger partial charge in [0.05, 0.1) is 27.1 Å². The maximum atomic E-state index is 9.04. The number of nitrogens with zero attached hydrogens (tertiary/aromatic N) is 3. The standard InChI is InChI=1S/C15H9Cl2N3/c16-11-8-13-14(9-12(11)17)20(7-6-18)15(19-13)10-4-2-1-3-5-10/h1-5,8-9H,7H2. The number of imidazole rings is 1. The van der Waals surface area contributed by atoms with Gasteiger partial charge in [-0.2, -0.15) is 5.26 Å². The van der Waals surface area contributed by atoms with Gasteiger partial charge in [-0.05, 0) is 12.1 Å². The van der Waals surface area contributed by atoms with E-state index in [0.717, 1.165) is 22.4 Å². The van der Waals surface area contributed by atoms with Crippen molar-refractivity contribution in [3.8, 4) is 17.5 Å². The Hall–Kier alpha value is -2.02. The molecule has 0 amide bonds. The van der Waals surface area contributed by atoms with Crippen LogP contribution in [0.4, 0.5) is 0 Å². The van der Waals surface area contributed by atoms with Gasteiger partial charge in [0.25, 0.3) is 0 Å². The van der Waals surface area contributed by atoms with E-state index in [4.69, 9.17) is 28.5 Å². The Bertz CT molecular complexity index is 816. The highest BCUT2D eigenvalue weighted by Gasteiger charge is 2.14. The molecular weight excluding hydrogens is 293 g/mol. The maximum absolute atomic E-state index is 9.04. The van der Waals surface area contributed by atoms with Crippen LogP contribution in [0.3, 0.4) is 0 Å². The summed E-state index contributed by atoms with van der Waals surface area (Å²) >= 11 is 12.1. The van der Waals surface area contributed by atoms with Gasteiger partial charge in [-0.25, -0.2) is 4.98 Å². The van der Waals surface area contributed by atoms with Gasteiger partial charge in [0.2, 0.25) is 0 Å². The van der Waals surface area contributed by atoms with E-state index >= 15 is 0 Å². The summed E-state index contributed by atoms with van der Waals surface area (Å²) in [4.78, 5) is 4.57. The van der Waals surface area contributed by atoms with Crippen LogP contribution in [-0.2, 0) is 6.54 Å². The van der Waals surface area contributed by atoms with E-state index in [1.165, 1.54) is 0 Å². The monoisotopic (exact) mass is 301 g/mol. The van der Waals surface area contributed by atoms with Gasteiger partial charge in [-0.3, -0.25) is 0 Å². The summed E-state index contributed by atoms with van der Waals surface area (Å²) in [6.45, 7) is 0.207. The fourth-order valence-corrected chi connectivity index (χ4v) is 2.47. The van der Waals surface area contributed by atoms with Crippen molar-refractivity contribution in [2.24, 2.45) is 0 Å². The number of fused-ring (bicyclic) bond motifs is 1. The van der Waals surface area contributed by atoms with Gasteiger partial charge in [0.15, 0.2) is 0 Å². The minimum absolute atomic E-state index is 0.207. The molecule has 0 unspecified atom stereocenters. The third-order valence-corrected chi connectivity index (χ3v) is 3.77. The summed E-state index contributed by atoms with van der Waals surface area (Å²) in [7, 11) is 0. The summed E-state index contributed by atoms with van der Waals surface area (Å²) in [5.74, 6) is 0.737. The van der Waals surface area contributed by atoms with E-state index in [1.807, 2.05) is 34.9 Å². The highest BCUT2D eigenvalue weighted by atomic mass is 35.5. The van der Waals surface area contributed by atoms with Crippen LogP contribution < -0.4 is 0 Å². The average molecular weight is 302 g/mol. The molecule has 1 aromatic heterocycles. The van der Waals surface area contributed by atoms with Crippen LogP contribution in [0.15, 0.2) is 42.5 Å². The molecule has 2 aromatic carbocycles. The van der Waals surface area contributed by atoms with Crippen LogP contribution in [0.5, 0.6) is 0 Å². The lowest BCUT2D eigenvalue weighted by Gasteiger charge is -2.04. The van der Waals surface area contributed by atoms with Crippen molar-refractivity contribution in [2.75, 3.05) is 0 Å². The lowest BCUT2D eigenvalue weighted by molar-refractivity contribution is 0.870. The van der Waals surface area contributed by atoms with Crippen LogP contribution in [0.1, 0.15) is 0 Å². The summed E-state index contributed by atoms with van der Waals surface area (Å²) < 4.78 is 1.84. The van der Waals surface area contributed by atoms with Gasteiger partial charge < -0.3 is 4.57 Å². The van der Waals surface area contributed by atoms with Crippen LogP contribution in [0.2, 0.25) is 10.0 Å². The molecule has 5 heteroatoms. The number of hydrogen-bond donors (Lipinski definition) is 0. The molecule has 0 spiro atoms. The quantitative estimate of drug-likeness (QED) is 0.697. The first-order valence-corrected chi connectivity index (χ1v) is 6.74. The zero-order chi connectivity index (χ0) is 14.1. The molecule has 0 saturated heterocycles. The number of nitriles is 1. The molecule has 98 valence electrons. The summed E-state index contributed by atoms with van der Waals surface area (Å²) in [5, 5.41) is 9.95. The van der Waals surface area contributed by atoms with Gasteiger partial charge in [0.1, 0.15) is 12.4 Å². The molecule has 0 fully saturated rings. The highest BCUT2D eigenvalue weighted by Crippen LogP contribution is 2.31. The average Bonchev–Trinajstić information content (AvgIpc) is 2.79. The zero-order valence-corrected chi connectivity index (χ0v) is 11.9. The molecule has 0 atom stereocenters. The van der Waals surface area contributed by atoms with Gasteiger partial charge in [-0.1, -0.05) is 53.5 Å². The van der Waals surface area contributed by atoms with Crippen molar-refractivity contribution in [1.29, 1.82) is 5.26 Å². The Kier molecular flexibility index (Phi) is 3.35. The van der Waals surface area contributed by atoms with Crippen LogP contribution in [-0.4, -0.2) is 9.55 Å². The summed E-state index contributed by atoms with van der Waals surface area (Å²) in [6, 6.07) is 15.3. The fraction of sp³-hybridized carbons (Fsp3) is 0.0667. The Balaban J connectivity index is 2.32. The van der Waals surface area contributed by atoms with E-state index in [0.29, 0.717) is 10.0 Å². The largest absolute Gasteiger partial charge is 0.310 e. The van der Waals surface area contributed by atoms with Crippen molar-refractivity contribution in [3.63, 3.8) is 0 Å². The van der Waals surface area contributed by atoms with E-state index in [-0.39, 0.29) is 6.54 Å². The number of hydrogen-bond acceptors (Lipinski definition) is 2. The molecule has 1 heterocycles. The molecule has 0 N–H and O–H groups in total. The van der Waals surface area contributed by atoms with Gasteiger partial charge in [-0.15, -0.1) is 0 Å². The maximum Gasteiger partial charge on any atom is 0.142 e. The predicted octanol–water partition coefficient (Wildman–Crippen LogP) is 4.53. The molecule has 0 radical (unpaired) electrons. The molecule has 20 heavy (non-hydrogen) atoms. The minimum Gasteiger partial charge on any atom is -0.310 e. The Morgan fingerprint density at radius 2 is 1.80 bits per heavy atom. The van der Waals surface area contributed by atoms with Crippen molar-refractivity contribution in [3.05, 3.63) is 52.5 Å². The van der Waals surface area contributed by atoms with Crippen molar-refractivity contribution >= 4 is 34.2 Å². The SMILES string of the molecule is N#CCn1c(-c2ccccc2)nc2cc(Cl)c(Cl)cc21. The summed E-state index contributed by atoms with van der Waals surface area (Å²) in [6.07, 6.45) is 0. The summed E-state index contributed by atoms with van der Waals surface area (Å²) in [5.41, 5.74) is 2.49. The Labute approximate surface area is 126 Å². The third kappa shape index (κ3) is 2.14. The first-order valence-electron chi connectivity index (χ1n) is 5.98. The first-order chi connectivity index (χ1) is 9.70. The van der Waals surface area contributed by atoms with Crippen LogP contribution in [0.25, 0.3) is 22.4 Å². The molecule has 0 saturated carbocycles. The Morgan fingerprint density at radius 3 is 2.50 bits per heavy atom. The highest BCUT2D eigenvalue weighted by molar-refractivity contribution is 6.42. The normalized spacial score (nSPS) is 10.7.